The Kier molecular flexibility index (Phi) is 6.29. The highest BCUT2D eigenvalue weighted by Gasteiger charge is 2.25. The van der Waals surface area contributed by atoms with Crippen LogP contribution < -0.4 is 5.32 Å². The number of hydrogen-bond acceptors (Lipinski definition) is 5. The van der Waals surface area contributed by atoms with Gasteiger partial charge in [0.15, 0.2) is 0 Å². The molecule has 0 aliphatic carbocycles. The van der Waals surface area contributed by atoms with E-state index in [9.17, 15) is 23.3 Å². The molecular weight excluding hydrogens is 394 g/mol. The first-order valence-electron chi connectivity index (χ1n) is 9.41. The van der Waals surface area contributed by atoms with Crippen molar-refractivity contribution in [2.24, 2.45) is 0 Å². The Morgan fingerprint density at radius 3 is 2.34 bits per heavy atom. The molecule has 2 aromatic rings. The summed E-state index contributed by atoms with van der Waals surface area (Å²) >= 11 is 0. The van der Waals surface area contributed by atoms with Crippen LogP contribution >= 0.6 is 0 Å². The number of benzene rings is 2. The van der Waals surface area contributed by atoms with Gasteiger partial charge in [0, 0.05) is 36.8 Å². The average Bonchev–Trinajstić information content (AvgIpc) is 2.72. The van der Waals surface area contributed by atoms with Gasteiger partial charge in [-0.3, -0.25) is 14.9 Å². The molecule has 1 N–H and O–H groups in total. The van der Waals surface area contributed by atoms with Gasteiger partial charge in [-0.15, -0.1) is 0 Å². The fourth-order valence-electron chi connectivity index (χ4n) is 3.32. The number of nitro benzene ring substituents is 1. The molecule has 0 aromatic heterocycles. The lowest BCUT2D eigenvalue weighted by Gasteiger charge is -2.25. The van der Waals surface area contributed by atoms with Crippen LogP contribution in [0.4, 0.5) is 5.69 Å². The molecule has 1 fully saturated rings. The first-order valence-corrected chi connectivity index (χ1v) is 10.9. The normalized spacial score (nSPS) is 15.1. The smallest absolute Gasteiger partial charge is 0.272 e. The molecule has 1 aliphatic rings. The van der Waals surface area contributed by atoms with E-state index >= 15 is 0 Å². The van der Waals surface area contributed by atoms with Crippen molar-refractivity contribution in [3.05, 3.63) is 69.3 Å². The second-order valence-electron chi connectivity index (χ2n) is 7.05. The number of piperidine rings is 1. The molecule has 8 nitrogen and oxygen atoms in total. The lowest BCUT2D eigenvalue weighted by Crippen LogP contribution is -2.35. The van der Waals surface area contributed by atoms with Gasteiger partial charge in [-0.25, -0.2) is 8.42 Å². The lowest BCUT2D eigenvalue weighted by molar-refractivity contribution is -0.385. The number of nitrogens with zero attached hydrogens (tertiary/aromatic N) is 2. The molecule has 3 rings (SSSR count). The Balaban J connectivity index is 1.63. The van der Waals surface area contributed by atoms with E-state index in [2.05, 4.69) is 5.32 Å². The van der Waals surface area contributed by atoms with E-state index in [-0.39, 0.29) is 23.0 Å². The first kappa shape index (κ1) is 20.9. The Labute approximate surface area is 169 Å². The molecule has 154 valence electrons. The maximum atomic E-state index is 12.7. The zero-order valence-electron chi connectivity index (χ0n) is 16.1. The summed E-state index contributed by atoms with van der Waals surface area (Å²) in [6.45, 7) is 2.90. The van der Waals surface area contributed by atoms with Crippen LogP contribution in [0.2, 0.25) is 0 Å². The van der Waals surface area contributed by atoms with Crippen LogP contribution in [0, 0.1) is 17.0 Å². The highest BCUT2D eigenvalue weighted by atomic mass is 32.2. The molecule has 1 saturated heterocycles. The minimum atomic E-state index is -3.48. The second-order valence-corrected chi connectivity index (χ2v) is 8.99. The number of sulfonamides is 1. The van der Waals surface area contributed by atoms with E-state index in [4.69, 9.17) is 0 Å². The summed E-state index contributed by atoms with van der Waals surface area (Å²) in [6.07, 6.45) is 2.82. The molecular formula is C20H23N3O5S. The Morgan fingerprint density at radius 1 is 1.10 bits per heavy atom. The third-order valence-electron chi connectivity index (χ3n) is 4.98. The van der Waals surface area contributed by atoms with Gasteiger partial charge in [-0.05, 0) is 49.6 Å². The number of nitrogens with one attached hydrogen (secondary N) is 1. The highest BCUT2D eigenvalue weighted by Crippen LogP contribution is 2.21. The van der Waals surface area contributed by atoms with Crippen molar-refractivity contribution < 1.29 is 18.1 Å². The predicted octanol–water partition coefficient (Wildman–Crippen LogP) is 3.01. The Hall–Kier alpha value is -2.78. The predicted molar refractivity (Wildman–Crippen MR) is 108 cm³/mol. The molecule has 0 unspecified atom stereocenters. The van der Waals surface area contributed by atoms with Crippen molar-refractivity contribution in [1.82, 2.24) is 9.62 Å². The number of carbonyl (C=O) groups is 1. The number of rotatable bonds is 6. The Morgan fingerprint density at radius 2 is 1.76 bits per heavy atom. The van der Waals surface area contributed by atoms with Crippen molar-refractivity contribution in [2.75, 3.05) is 13.1 Å². The molecule has 0 bridgehead atoms. The maximum absolute atomic E-state index is 12.7. The van der Waals surface area contributed by atoms with Crippen LogP contribution in [0.3, 0.4) is 0 Å². The van der Waals surface area contributed by atoms with Crippen LogP contribution in [0.15, 0.2) is 47.4 Å². The summed E-state index contributed by atoms with van der Waals surface area (Å²) in [5.41, 5.74) is 1.47. The zero-order valence-corrected chi connectivity index (χ0v) is 16.9. The molecule has 0 radical (unpaired) electrons. The van der Waals surface area contributed by atoms with Gasteiger partial charge in [0.2, 0.25) is 10.0 Å². The van der Waals surface area contributed by atoms with Crippen molar-refractivity contribution in [3.8, 4) is 0 Å². The van der Waals surface area contributed by atoms with Crippen molar-refractivity contribution >= 4 is 21.6 Å². The number of amides is 1. The summed E-state index contributed by atoms with van der Waals surface area (Å²) in [5.74, 6) is -0.354. The third kappa shape index (κ3) is 4.80. The minimum Gasteiger partial charge on any atom is -0.348 e. The van der Waals surface area contributed by atoms with E-state index < -0.39 is 14.9 Å². The lowest BCUT2D eigenvalue weighted by atomic mass is 10.1. The molecule has 29 heavy (non-hydrogen) atoms. The number of hydrogen-bond donors (Lipinski definition) is 1. The standard InChI is InChI=1S/C20H23N3O5S/c1-15-13-17(7-10-19(15)23(25)26)20(24)21-14-16-5-8-18(9-6-16)29(27,28)22-11-3-2-4-12-22/h5-10,13H,2-4,11-12,14H2,1H3,(H,21,24). The number of aryl methyl sites for hydroxylation is 1. The van der Waals surface area contributed by atoms with Crippen molar-refractivity contribution in [3.63, 3.8) is 0 Å². The van der Waals surface area contributed by atoms with Crippen LogP contribution in [-0.2, 0) is 16.6 Å². The highest BCUT2D eigenvalue weighted by molar-refractivity contribution is 7.89. The van der Waals surface area contributed by atoms with Gasteiger partial charge in [0.05, 0.1) is 9.82 Å². The summed E-state index contributed by atoms with van der Waals surface area (Å²) in [7, 11) is -3.48. The average molecular weight is 417 g/mol. The minimum absolute atomic E-state index is 0.0351. The van der Waals surface area contributed by atoms with Gasteiger partial charge >= 0.3 is 0 Å². The van der Waals surface area contributed by atoms with E-state index in [1.54, 1.807) is 31.2 Å². The topological polar surface area (TPSA) is 110 Å². The fraction of sp³-hybridized carbons (Fsp3) is 0.350. The first-order chi connectivity index (χ1) is 13.8. The monoisotopic (exact) mass is 417 g/mol. The maximum Gasteiger partial charge on any atom is 0.272 e. The number of nitro groups is 1. The molecule has 2 aromatic carbocycles. The van der Waals surface area contributed by atoms with Crippen LogP contribution in [0.1, 0.15) is 40.7 Å². The molecule has 1 aliphatic heterocycles. The van der Waals surface area contributed by atoms with Gasteiger partial charge in [-0.2, -0.15) is 4.31 Å². The van der Waals surface area contributed by atoms with Crippen LogP contribution in [0.25, 0.3) is 0 Å². The Bertz CT molecular complexity index is 1010. The number of carbonyl (C=O) groups excluding carboxylic acids is 1. The van der Waals surface area contributed by atoms with Crippen molar-refractivity contribution in [2.45, 2.75) is 37.6 Å². The molecule has 0 saturated carbocycles. The second kappa shape index (κ2) is 8.71. The summed E-state index contributed by atoms with van der Waals surface area (Å²) < 4.78 is 26.8. The SMILES string of the molecule is Cc1cc(C(=O)NCc2ccc(S(=O)(=O)N3CCCCC3)cc2)ccc1[N+](=O)[O-]. The molecule has 9 heteroatoms. The van der Waals surface area contributed by atoms with Gasteiger partial charge < -0.3 is 5.32 Å². The van der Waals surface area contributed by atoms with E-state index in [0.717, 1.165) is 24.8 Å². The zero-order chi connectivity index (χ0) is 21.0. The molecule has 0 atom stereocenters. The molecule has 1 heterocycles. The van der Waals surface area contributed by atoms with Gasteiger partial charge in [0.25, 0.3) is 11.6 Å². The summed E-state index contributed by atoms with van der Waals surface area (Å²) in [5, 5.41) is 13.6. The van der Waals surface area contributed by atoms with E-state index in [0.29, 0.717) is 24.2 Å². The fourth-order valence-corrected chi connectivity index (χ4v) is 4.84. The van der Waals surface area contributed by atoms with Gasteiger partial charge in [-0.1, -0.05) is 18.6 Å². The van der Waals surface area contributed by atoms with Crippen LogP contribution in [0.5, 0.6) is 0 Å². The largest absolute Gasteiger partial charge is 0.348 e. The molecule has 1 amide bonds. The van der Waals surface area contributed by atoms with Crippen molar-refractivity contribution in [1.29, 1.82) is 0 Å². The third-order valence-corrected chi connectivity index (χ3v) is 6.90. The van der Waals surface area contributed by atoms with E-state index in [1.165, 1.54) is 22.5 Å². The van der Waals surface area contributed by atoms with Gasteiger partial charge in [0.1, 0.15) is 0 Å². The van der Waals surface area contributed by atoms with E-state index in [1.807, 2.05) is 0 Å². The summed E-state index contributed by atoms with van der Waals surface area (Å²) in [6, 6.07) is 10.7. The summed E-state index contributed by atoms with van der Waals surface area (Å²) in [4.78, 5) is 22.9. The van der Waals surface area contributed by atoms with Crippen LogP contribution in [-0.4, -0.2) is 36.6 Å². The molecule has 0 spiro atoms. The quantitative estimate of drug-likeness (QED) is 0.574.